The van der Waals surface area contributed by atoms with Crippen molar-refractivity contribution >= 4 is 11.6 Å². The smallest absolute Gasteiger partial charge is 0.148 e. The van der Waals surface area contributed by atoms with Gasteiger partial charge >= 0.3 is 0 Å². The van der Waals surface area contributed by atoms with Crippen molar-refractivity contribution in [2.24, 2.45) is 11.8 Å². The highest BCUT2D eigenvalue weighted by atomic mass is 15.3. The topological polar surface area (TPSA) is 67.1 Å². The van der Waals surface area contributed by atoms with Crippen LogP contribution in [0.15, 0.2) is 0 Å². The van der Waals surface area contributed by atoms with Crippen LogP contribution in [0.25, 0.3) is 0 Å². The molecule has 0 atom stereocenters. The molecule has 1 heterocycles. The largest absolute Gasteiger partial charge is 0.354 e. The SMILES string of the molecule is CCc1nc(NN)c(C)c(N(CC2CC2)C(C)C)n1. The molecule has 1 aliphatic rings. The molecule has 0 amide bonds. The average molecular weight is 263 g/mol. The molecular formula is C14H25N5. The number of hydrazine groups is 1. The monoisotopic (exact) mass is 263 g/mol. The first kappa shape index (κ1) is 14.1. The molecule has 5 nitrogen and oxygen atoms in total. The van der Waals surface area contributed by atoms with Gasteiger partial charge < -0.3 is 10.3 Å². The Balaban J connectivity index is 2.38. The maximum absolute atomic E-state index is 5.57. The molecule has 3 N–H and O–H groups in total. The Morgan fingerprint density at radius 2 is 2.05 bits per heavy atom. The van der Waals surface area contributed by atoms with E-state index in [9.17, 15) is 0 Å². The third kappa shape index (κ3) is 3.15. The van der Waals surface area contributed by atoms with Gasteiger partial charge in [0.1, 0.15) is 17.5 Å². The van der Waals surface area contributed by atoms with E-state index in [1.807, 2.05) is 6.92 Å². The Morgan fingerprint density at radius 1 is 1.37 bits per heavy atom. The summed E-state index contributed by atoms with van der Waals surface area (Å²) in [6.07, 6.45) is 3.50. The normalized spacial score (nSPS) is 14.8. The third-order valence-electron chi connectivity index (χ3n) is 3.67. The Hall–Kier alpha value is -1.36. The summed E-state index contributed by atoms with van der Waals surface area (Å²) in [5.74, 6) is 9.02. The lowest BCUT2D eigenvalue weighted by Crippen LogP contribution is -2.34. The molecule has 106 valence electrons. The minimum atomic E-state index is 0.435. The van der Waals surface area contributed by atoms with Crippen LogP contribution in [0, 0.1) is 12.8 Å². The van der Waals surface area contributed by atoms with E-state index < -0.39 is 0 Å². The number of rotatable bonds is 6. The van der Waals surface area contributed by atoms with Gasteiger partial charge in [-0.25, -0.2) is 15.8 Å². The summed E-state index contributed by atoms with van der Waals surface area (Å²) >= 11 is 0. The predicted octanol–water partition coefficient (Wildman–Crippen LogP) is 2.26. The molecule has 1 aromatic heterocycles. The molecule has 1 aromatic rings. The van der Waals surface area contributed by atoms with Crippen molar-refractivity contribution < 1.29 is 0 Å². The van der Waals surface area contributed by atoms with Gasteiger partial charge in [0.05, 0.1) is 0 Å². The number of anilines is 2. The number of nitrogens with two attached hydrogens (primary N) is 1. The van der Waals surface area contributed by atoms with E-state index in [2.05, 4.69) is 36.1 Å². The van der Waals surface area contributed by atoms with Gasteiger partial charge in [0, 0.05) is 24.6 Å². The van der Waals surface area contributed by atoms with Gasteiger partial charge in [-0.3, -0.25) is 0 Å². The lowest BCUT2D eigenvalue weighted by Gasteiger charge is -2.30. The Bertz CT molecular complexity index is 440. The van der Waals surface area contributed by atoms with Gasteiger partial charge in [-0.2, -0.15) is 0 Å². The Morgan fingerprint density at radius 3 is 2.53 bits per heavy atom. The fraction of sp³-hybridized carbons (Fsp3) is 0.714. The second-order valence-corrected chi connectivity index (χ2v) is 5.62. The minimum absolute atomic E-state index is 0.435. The van der Waals surface area contributed by atoms with Gasteiger partial charge in [0.15, 0.2) is 0 Å². The van der Waals surface area contributed by atoms with Crippen molar-refractivity contribution in [2.45, 2.75) is 53.0 Å². The zero-order chi connectivity index (χ0) is 14.0. The first-order valence-corrected chi connectivity index (χ1v) is 7.17. The molecule has 1 aliphatic carbocycles. The number of hydrogen-bond donors (Lipinski definition) is 2. The van der Waals surface area contributed by atoms with Gasteiger partial charge in [0.25, 0.3) is 0 Å². The van der Waals surface area contributed by atoms with Crippen LogP contribution in [-0.4, -0.2) is 22.6 Å². The summed E-state index contributed by atoms with van der Waals surface area (Å²) in [6, 6.07) is 0.435. The molecule has 0 spiro atoms. The van der Waals surface area contributed by atoms with Crippen molar-refractivity contribution in [3.05, 3.63) is 11.4 Å². The molecule has 1 fully saturated rings. The fourth-order valence-corrected chi connectivity index (χ4v) is 2.25. The molecule has 0 aromatic carbocycles. The summed E-state index contributed by atoms with van der Waals surface area (Å²) in [6.45, 7) is 9.61. The van der Waals surface area contributed by atoms with E-state index in [0.717, 1.165) is 41.9 Å². The second kappa shape index (κ2) is 5.74. The number of nitrogen functional groups attached to an aromatic ring is 1. The lowest BCUT2D eigenvalue weighted by atomic mass is 10.2. The highest BCUT2D eigenvalue weighted by molar-refractivity contribution is 5.58. The Labute approximate surface area is 115 Å². The number of hydrogen-bond acceptors (Lipinski definition) is 5. The summed E-state index contributed by atoms with van der Waals surface area (Å²) in [7, 11) is 0. The van der Waals surface area contributed by atoms with Crippen LogP contribution in [0.1, 0.15) is 45.0 Å². The summed E-state index contributed by atoms with van der Waals surface area (Å²) in [4.78, 5) is 11.5. The maximum Gasteiger partial charge on any atom is 0.148 e. The van der Waals surface area contributed by atoms with Crippen LogP contribution in [0.4, 0.5) is 11.6 Å². The molecule has 19 heavy (non-hydrogen) atoms. The number of nitrogens with one attached hydrogen (secondary N) is 1. The van der Waals surface area contributed by atoms with Crippen molar-refractivity contribution in [1.29, 1.82) is 0 Å². The van der Waals surface area contributed by atoms with E-state index in [1.165, 1.54) is 12.8 Å². The van der Waals surface area contributed by atoms with Crippen LogP contribution in [-0.2, 0) is 6.42 Å². The van der Waals surface area contributed by atoms with Crippen molar-refractivity contribution in [2.75, 3.05) is 16.9 Å². The standard InChI is InChI=1S/C14H25N5/c1-5-12-16-13(18-15)10(4)14(17-12)19(9(2)3)8-11-6-7-11/h9,11H,5-8,15H2,1-4H3,(H,16,17,18). The summed E-state index contributed by atoms with van der Waals surface area (Å²) in [5, 5.41) is 0. The molecule has 5 heteroatoms. The first-order chi connectivity index (χ1) is 9.06. The van der Waals surface area contributed by atoms with E-state index in [0.29, 0.717) is 6.04 Å². The Kier molecular flexibility index (Phi) is 4.24. The molecule has 0 aliphatic heterocycles. The highest BCUT2D eigenvalue weighted by Gasteiger charge is 2.27. The van der Waals surface area contributed by atoms with E-state index in [-0.39, 0.29) is 0 Å². The molecule has 0 saturated heterocycles. The van der Waals surface area contributed by atoms with Crippen molar-refractivity contribution in [3.8, 4) is 0 Å². The molecule has 0 radical (unpaired) electrons. The summed E-state index contributed by atoms with van der Waals surface area (Å²) in [5.41, 5.74) is 3.73. The average Bonchev–Trinajstić information content (AvgIpc) is 3.20. The third-order valence-corrected chi connectivity index (χ3v) is 3.67. The lowest BCUT2D eigenvalue weighted by molar-refractivity contribution is 0.631. The van der Waals surface area contributed by atoms with Crippen LogP contribution in [0.3, 0.4) is 0 Å². The predicted molar refractivity (Wildman–Crippen MR) is 79.2 cm³/mol. The van der Waals surface area contributed by atoms with E-state index in [4.69, 9.17) is 10.8 Å². The van der Waals surface area contributed by atoms with E-state index >= 15 is 0 Å². The number of aryl methyl sites for hydroxylation is 1. The zero-order valence-electron chi connectivity index (χ0n) is 12.4. The van der Waals surface area contributed by atoms with Gasteiger partial charge in [-0.15, -0.1) is 0 Å². The van der Waals surface area contributed by atoms with Crippen molar-refractivity contribution in [3.63, 3.8) is 0 Å². The van der Waals surface area contributed by atoms with E-state index in [1.54, 1.807) is 0 Å². The fourth-order valence-electron chi connectivity index (χ4n) is 2.25. The highest BCUT2D eigenvalue weighted by Crippen LogP contribution is 2.33. The van der Waals surface area contributed by atoms with Crippen LogP contribution in [0.2, 0.25) is 0 Å². The molecule has 1 saturated carbocycles. The number of nitrogens with zero attached hydrogens (tertiary/aromatic N) is 3. The van der Waals surface area contributed by atoms with Crippen LogP contribution in [0.5, 0.6) is 0 Å². The van der Waals surface area contributed by atoms with Crippen molar-refractivity contribution in [1.82, 2.24) is 9.97 Å². The molecule has 0 unspecified atom stereocenters. The quantitative estimate of drug-likeness (QED) is 0.608. The first-order valence-electron chi connectivity index (χ1n) is 7.17. The molecule has 2 rings (SSSR count). The molecule has 0 bridgehead atoms. The summed E-state index contributed by atoms with van der Waals surface area (Å²) < 4.78 is 0. The van der Waals surface area contributed by atoms with Crippen LogP contribution >= 0.6 is 0 Å². The second-order valence-electron chi connectivity index (χ2n) is 5.62. The zero-order valence-corrected chi connectivity index (χ0v) is 12.4. The van der Waals surface area contributed by atoms with Gasteiger partial charge in [-0.1, -0.05) is 6.92 Å². The number of aromatic nitrogens is 2. The maximum atomic E-state index is 5.57. The molecular weight excluding hydrogens is 238 g/mol. The minimum Gasteiger partial charge on any atom is -0.354 e. The van der Waals surface area contributed by atoms with Gasteiger partial charge in [-0.05, 0) is 39.5 Å². The van der Waals surface area contributed by atoms with Gasteiger partial charge in [0.2, 0.25) is 0 Å². The van der Waals surface area contributed by atoms with Crippen LogP contribution < -0.4 is 16.2 Å².